The topological polar surface area (TPSA) is 137 Å². The molecular weight excluding hydrogens is 622 g/mol. The summed E-state index contributed by atoms with van der Waals surface area (Å²) in [5.74, 6) is -0.405. The van der Waals surface area contributed by atoms with E-state index < -0.39 is 30.0 Å². The zero-order valence-electron chi connectivity index (χ0n) is 23.6. The molecule has 3 amide bonds. The number of likely N-dealkylation sites (tertiary alicyclic amines) is 1. The summed E-state index contributed by atoms with van der Waals surface area (Å²) in [4.78, 5) is 53.4. The molecule has 2 aliphatic carbocycles. The Labute approximate surface area is 258 Å². The summed E-state index contributed by atoms with van der Waals surface area (Å²) >= 11 is 4.61. The number of halogens is 1. The number of aryl methyl sites for hydroxylation is 1. The summed E-state index contributed by atoms with van der Waals surface area (Å²) in [5.41, 5.74) is 5.96. The Morgan fingerprint density at radius 2 is 1.95 bits per heavy atom. The number of aromatic nitrogens is 2. The van der Waals surface area contributed by atoms with E-state index in [-0.39, 0.29) is 48.1 Å². The van der Waals surface area contributed by atoms with E-state index in [1.54, 1.807) is 26.2 Å². The highest BCUT2D eigenvalue weighted by Gasteiger charge is 2.50. The summed E-state index contributed by atoms with van der Waals surface area (Å²) in [6.45, 7) is 1.84. The number of benzene rings is 1. The number of Topliss-reactive ketones (excluding diaryl/α,β-unsaturated/α-hetero) is 1. The molecule has 6 unspecified atom stereocenters. The van der Waals surface area contributed by atoms with Crippen molar-refractivity contribution >= 4 is 51.5 Å². The van der Waals surface area contributed by atoms with Gasteiger partial charge in [0.2, 0.25) is 11.8 Å². The minimum Gasteiger partial charge on any atom is -0.368 e. The zero-order valence-corrected chi connectivity index (χ0v) is 26.1. The number of amides is 3. The van der Waals surface area contributed by atoms with Gasteiger partial charge in [0, 0.05) is 53.5 Å². The number of nitrogens with zero attached hydrogens (tertiary/aromatic N) is 3. The Morgan fingerprint density at radius 3 is 2.60 bits per heavy atom. The number of carbonyl (C=O) groups is 4. The standard InChI is InChI=1S/C30H36BrN5O5S/c1-17(37)23-13-18(23)5-3-4-6-19-14-24(19)27(33-29(39)25-11-12-35(2)34-25)30(40)36-16-21(15-26(36)28(32)38)41-42-22-9-7-20(31)8-10-22/h3,5,7-12,18-19,21,23-24,26-27H,4,6,13-16H2,1-2H3,(H2,32,38)(H,33,39)/b5-3-/t18?,19?,21?,23?,24?,26?,27-/m0/s1. The van der Waals surface area contributed by atoms with Crippen LogP contribution in [0.4, 0.5) is 0 Å². The largest absolute Gasteiger partial charge is 0.368 e. The van der Waals surface area contributed by atoms with Gasteiger partial charge in [-0.1, -0.05) is 28.1 Å². The Hall–Kier alpha value is -2.96. The lowest BCUT2D eigenvalue weighted by molar-refractivity contribution is -0.139. The van der Waals surface area contributed by atoms with E-state index in [0.29, 0.717) is 5.92 Å². The summed E-state index contributed by atoms with van der Waals surface area (Å²) in [5, 5.41) is 7.11. The van der Waals surface area contributed by atoms with Gasteiger partial charge in [-0.15, -0.1) is 0 Å². The molecule has 2 saturated carbocycles. The first-order valence-corrected chi connectivity index (χ1v) is 15.8. The second kappa shape index (κ2) is 13.1. The second-order valence-electron chi connectivity index (χ2n) is 11.5. The number of nitrogens with one attached hydrogen (secondary N) is 1. The molecule has 3 N–H and O–H groups in total. The summed E-state index contributed by atoms with van der Waals surface area (Å²) in [6.07, 6.45) is 9.25. The van der Waals surface area contributed by atoms with Gasteiger partial charge < -0.3 is 20.1 Å². The lowest BCUT2D eigenvalue weighted by Gasteiger charge is -2.28. The second-order valence-corrected chi connectivity index (χ2v) is 13.3. The summed E-state index contributed by atoms with van der Waals surface area (Å²) in [7, 11) is 1.72. The van der Waals surface area contributed by atoms with Crippen LogP contribution in [0.25, 0.3) is 0 Å². The lowest BCUT2D eigenvalue weighted by Crippen LogP contribution is -2.54. The molecule has 0 bridgehead atoms. The first kappa shape index (κ1) is 30.5. The van der Waals surface area contributed by atoms with Gasteiger partial charge >= 0.3 is 0 Å². The van der Waals surface area contributed by atoms with E-state index in [4.69, 9.17) is 9.92 Å². The molecule has 0 radical (unpaired) electrons. The van der Waals surface area contributed by atoms with Gasteiger partial charge in [-0.25, -0.2) is 0 Å². The van der Waals surface area contributed by atoms with Crippen molar-refractivity contribution in [2.75, 3.05) is 6.54 Å². The Balaban J connectivity index is 1.24. The van der Waals surface area contributed by atoms with Crippen molar-refractivity contribution in [1.29, 1.82) is 0 Å². The molecule has 42 heavy (non-hydrogen) atoms. The maximum absolute atomic E-state index is 14.0. The predicted molar refractivity (Wildman–Crippen MR) is 161 cm³/mol. The van der Waals surface area contributed by atoms with Gasteiger partial charge in [-0.05, 0) is 80.7 Å². The fraction of sp³-hybridized carbons (Fsp3) is 0.500. The number of ketones is 1. The van der Waals surface area contributed by atoms with E-state index in [1.165, 1.54) is 21.6 Å². The van der Waals surface area contributed by atoms with Gasteiger partial charge in [0.1, 0.15) is 23.6 Å². The molecule has 1 aliphatic heterocycles. The van der Waals surface area contributed by atoms with Crippen LogP contribution >= 0.6 is 28.0 Å². The maximum atomic E-state index is 14.0. The normalized spacial score (nSPS) is 27.2. The molecule has 5 rings (SSSR count). The molecule has 0 spiro atoms. The highest BCUT2D eigenvalue weighted by Crippen LogP contribution is 2.46. The number of primary amides is 1. The Kier molecular flexibility index (Phi) is 9.54. The summed E-state index contributed by atoms with van der Waals surface area (Å²) in [6, 6.07) is 7.62. The van der Waals surface area contributed by atoms with Crippen LogP contribution in [0, 0.1) is 23.7 Å². The molecule has 1 aromatic carbocycles. The van der Waals surface area contributed by atoms with Crippen molar-refractivity contribution in [3.05, 3.63) is 58.8 Å². The van der Waals surface area contributed by atoms with Gasteiger partial charge in [0.25, 0.3) is 5.91 Å². The first-order chi connectivity index (χ1) is 20.1. The van der Waals surface area contributed by atoms with Crippen LogP contribution in [0.15, 0.2) is 58.0 Å². The zero-order chi connectivity index (χ0) is 30.0. The molecule has 7 atom stereocenters. The SMILES string of the molecule is CC(=O)C1CC1/C=C\CCC1CC1[C@H](NC(=O)c1ccn(C)n1)C(=O)N1CC(OSc2ccc(Br)cc2)CC1C(N)=O. The van der Waals surface area contributed by atoms with Crippen LogP contribution in [-0.2, 0) is 25.6 Å². The van der Waals surface area contributed by atoms with Crippen LogP contribution in [-0.4, -0.2) is 62.9 Å². The van der Waals surface area contributed by atoms with Gasteiger partial charge in [-0.2, -0.15) is 5.10 Å². The van der Waals surface area contributed by atoms with Gasteiger partial charge in [0.15, 0.2) is 0 Å². The Morgan fingerprint density at radius 1 is 1.19 bits per heavy atom. The van der Waals surface area contributed by atoms with Crippen LogP contribution in [0.1, 0.15) is 49.5 Å². The lowest BCUT2D eigenvalue weighted by atomic mass is 10.0. The van der Waals surface area contributed by atoms with Crippen molar-refractivity contribution in [3.8, 4) is 0 Å². The van der Waals surface area contributed by atoms with Crippen LogP contribution < -0.4 is 11.1 Å². The summed E-state index contributed by atoms with van der Waals surface area (Å²) < 4.78 is 8.49. The number of nitrogens with two attached hydrogens (primary N) is 1. The monoisotopic (exact) mass is 657 g/mol. The van der Waals surface area contributed by atoms with Gasteiger partial charge in [-0.3, -0.25) is 23.9 Å². The van der Waals surface area contributed by atoms with E-state index in [2.05, 4.69) is 38.5 Å². The Bertz CT molecular complexity index is 1360. The third-order valence-electron chi connectivity index (χ3n) is 8.32. The predicted octanol–water partition coefficient (Wildman–Crippen LogP) is 3.66. The molecule has 12 heteroatoms. The molecule has 3 fully saturated rings. The number of hydrogen-bond acceptors (Lipinski definition) is 7. The number of allylic oxidation sites excluding steroid dienone is 2. The van der Waals surface area contributed by atoms with E-state index in [0.717, 1.165) is 35.1 Å². The molecule has 3 aliphatic rings. The van der Waals surface area contributed by atoms with E-state index in [9.17, 15) is 19.2 Å². The van der Waals surface area contributed by atoms with Crippen molar-refractivity contribution in [2.45, 2.75) is 62.1 Å². The molecule has 2 heterocycles. The molecule has 2 aromatic rings. The fourth-order valence-electron chi connectivity index (χ4n) is 5.76. The minimum absolute atomic E-state index is 0.0601. The molecule has 10 nitrogen and oxygen atoms in total. The van der Waals surface area contributed by atoms with Crippen molar-refractivity contribution < 1.29 is 23.4 Å². The number of carbonyl (C=O) groups excluding carboxylic acids is 4. The molecular formula is C30H36BrN5O5S. The van der Waals surface area contributed by atoms with Crippen LogP contribution in [0.2, 0.25) is 0 Å². The van der Waals surface area contributed by atoms with Crippen LogP contribution in [0.3, 0.4) is 0 Å². The molecule has 224 valence electrons. The smallest absolute Gasteiger partial charge is 0.272 e. The van der Waals surface area contributed by atoms with Crippen LogP contribution in [0.5, 0.6) is 0 Å². The average molecular weight is 659 g/mol. The van der Waals surface area contributed by atoms with Gasteiger partial charge in [0.05, 0.1) is 6.10 Å². The first-order valence-electron chi connectivity index (χ1n) is 14.3. The third kappa shape index (κ3) is 7.51. The maximum Gasteiger partial charge on any atom is 0.272 e. The van der Waals surface area contributed by atoms with Crippen molar-refractivity contribution in [2.24, 2.45) is 36.5 Å². The number of rotatable bonds is 13. The fourth-order valence-corrected chi connectivity index (χ4v) is 6.66. The van der Waals surface area contributed by atoms with Crippen molar-refractivity contribution in [1.82, 2.24) is 20.0 Å². The highest BCUT2D eigenvalue weighted by molar-refractivity contribution is 9.10. The molecule has 1 aromatic heterocycles. The average Bonchev–Trinajstić information content (AvgIpc) is 3.81. The third-order valence-corrected chi connectivity index (χ3v) is 9.68. The highest BCUT2D eigenvalue weighted by atomic mass is 79.9. The quantitative estimate of drug-likeness (QED) is 0.248. The minimum atomic E-state index is -0.824. The van der Waals surface area contributed by atoms with E-state index in [1.807, 2.05) is 24.3 Å². The van der Waals surface area contributed by atoms with Crippen molar-refractivity contribution in [3.63, 3.8) is 0 Å². The molecule has 1 saturated heterocycles. The van der Waals surface area contributed by atoms with E-state index >= 15 is 0 Å². The number of hydrogen-bond donors (Lipinski definition) is 2.